The van der Waals surface area contributed by atoms with Crippen molar-refractivity contribution >= 4 is 21.8 Å². The summed E-state index contributed by atoms with van der Waals surface area (Å²) in [4.78, 5) is 8.15. The van der Waals surface area contributed by atoms with Crippen LogP contribution in [0.1, 0.15) is 44.7 Å². The minimum Gasteiger partial charge on any atom is -0.493 e. The van der Waals surface area contributed by atoms with Crippen LogP contribution in [0.4, 0.5) is 0 Å². The number of methoxy groups -OCH3 is 1. The molecule has 0 radical (unpaired) electrons. The molecule has 0 aliphatic heterocycles. The number of pyridine rings is 1. The van der Waals surface area contributed by atoms with Crippen molar-refractivity contribution in [2.75, 3.05) is 20.3 Å². The van der Waals surface area contributed by atoms with Gasteiger partial charge in [-0.2, -0.15) is 0 Å². The van der Waals surface area contributed by atoms with Gasteiger partial charge in [0, 0.05) is 34.5 Å². The van der Waals surface area contributed by atoms with E-state index in [0.717, 1.165) is 34.3 Å². The van der Waals surface area contributed by atoms with Gasteiger partial charge in [-0.25, -0.2) is 0 Å². The fourth-order valence-corrected chi connectivity index (χ4v) is 3.34. The molecular formula is C21H26N2O3. The number of fused-ring (bicyclic) bond motifs is 3. The van der Waals surface area contributed by atoms with E-state index in [1.165, 1.54) is 23.9 Å². The first-order valence-electron chi connectivity index (χ1n) is 9.44. The number of hydrogen-bond donors (Lipinski definition) is 1. The van der Waals surface area contributed by atoms with E-state index in [4.69, 9.17) is 14.2 Å². The topological polar surface area (TPSA) is 56.4 Å². The summed E-state index contributed by atoms with van der Waals surface area (Å²) < 4.78 is 17.2. The molecule has 26 heavy (non-hydrogen) atoms. The average molecular weight is 354 g/mol. The van der Waals surface area contributed by atoms with Crippen molar-refractivity contribution in [2.24, 2.45) is 0 Å². The number of rotatable bonds is 8. The van der Waals surface area contributed by atoms with E-state index in [-0.39, 0.29) is 6.10 Å². The van der Waals surface area contributed by atoms with Gasteiger partial charge in [-0.3, -0.25) is 4.98 Å². The number of nitrogens with zero attached hydrogens (tertiary/aromatic N) is 1. The van der Waals surface area contributed by atoms with Gasteiger partial charge in [-0.05, 0) is 38.3 Å². The van der Waals surface area contributed by atoms with Gasteiger partial charge >= 0.3 is 0 Å². The predicted octanol–water partition coefficient (Wildman–Crippen LogP) is 4.80. The fourth-order valence-electron chi connectivity index (χ4n) is 3.34. The second kappa shape index (κ2) is 7.16. The van der Waals surface area contributed by atoms with Crippen LogP contribution in [0.5, 0.6) is 11.5 Å². The molecule has 0 bridgehead atoms. The molecule has 1 fully saturated rings. The Morgan fingerprint density at radius 3 is 2.77 bits per heavy atom. The molecule has 5 heteroatoms. The fraction of sp³-hybridized carbons (Fsp3) is 0.476. The van der Waals surface area contributed by atoms with E-state index in [9.17, 15) is 0 Å². The molecule has 0 spiro atoms. The summed E-state index contributed by atoms with van der Waals surface area (Å²) in [7, 11) is 1.68. The smallest absolute Gasteiger partial charge is 0.163 e. The summed E-state index contributed by atoms with van der Waals surface area (Å²) in [5.41, 5.74) is 3.37. The first kappa shape index (κ1) is 17.2. The van der Waals surface area contributed by atoms with Gasteiger partial charge in [0.15, 0.2) is 11.5 Å². The maximum absolute atomic E-state index is 5.93. The van der Waals surface area contributed by atoms with Crippen LogP contribution in [0.15, 0.2) is 24.4 Å². The summed E-state index contributed by atoms with van der Waals surface area (Å²) in [6, 6.07) is 6.12. The lowest BCUT2D eigenvalue weighted by Gasteiger charge is -2.13. The minimum absolute atomic E-state index is 0.255. The number of nitrogens with one attached hydrogen (secondary N) is 1. The third-order valence-corrected chi connectivity index (χ3v) is 5.11. The molecule has 1 aliphatic rings. The van der Waals surface area contributed by atoms with Gasteiger partial charge < -0.3 is 19.2 Å². The maximum Gasteiger partial charge on any atom is 0.163 e. The van der Waals surface area contributed by atoms with Crippen molar-refractivity contribution < 1.29 is 14.2 Å². The standard InChI is InChI=1S/C21H26N2O3/c1-4-13(2)25-9-10-26-19-12-17-15(11-18(19)24-3)20-16(23-17)7-8-22-21(20)14-5-6-14/h7-8,11-14,23H,4-6,9-10H2,1-3H3. The van der Waals surface area contributed by atoms with Crippen molar-refractivity contribution in [3.8, 4) is 11.5 Å². The molecule has 1 unspecified atom stereocenters. The Morgan fingerprint density at radius 1 is 1.19 bits per heavy atom. The molecule has 0 amide bonds. The number of aromatic amines is 1. The van der Waals surface area contributed by atoms with Crippen LogP contribution >= 0.6 is 0 Å². The number of aromatic nitrogens is 2. The zero-order valence-corrected chi connectivity index (χ0v) is 15.7. The van der Waals surface area contributed by atoms with Crippen LogP contribution in [-0.4, -0.2) is 36.4 Å². The predicted molar refractivity (Wildman–Crippen MR) is 103 cm³/mol. The first-order valence-corrected chi connectivity index (χ1v) is 9.44. The third-order valence-electron chi connectivity index (χ3n) is 5.11. The zero-order chi connectivity index (χ0) is 18.1. The lowest BCUT2D eigenvalue weighted by Crippen LogP contribution is -2.13. The lowest BCUT2D eigenvalue weighted by molar-refractivity contribution is 0.0422. The number of benzene rings is 1. The second-order valence-corrected chi connectivity index (χ2v) is 7.00. The Bertz CT molecular complexity index is 914. The van der Waals surface area contributed by atoms with Crippen molar-refractivity contribution in [1.29, 1.82) is 0 Å². The SMILES string of the molecule is CCC(C)OCCOc1cc2[nH]c3ccnc(C4CC4)c3c2cc1OC. The number of ether oxygens (including phenoxy) is 3. The van der Waals surface area contributed by atoms with Crippen molar-refractivity contribution in [3.63, 3.8) is 0 Å². The molecule has 5 nitrogen and oxygen atoms in total. The highest BCUT2D eigenvalue weighted by Crippen LogP contribution is 2.45. The highest BCUT2D eigenvalue weighted by molar-refractivity contribution is 6.09. The molecular weight excluding hydrogens is 328 g/mol. The van der Waals surface area contributed by atoms with Crippen molar-refractivity contribution in [3.05, 3.63) is 30.1 Å². The van der Waals surface area contributed by atoms with Gasteiger partial charge in [0.2, 0.25) is 0 Å². The van der Waals surface area contributed by atoms with E-state index in [1.807, 2.05) is 18.3 Å². The zero-order valence-electron chi connectivity index (χ0n) is 15.7. The van der Waals surface area contributed by atoms with Gasteiger partial charge in [-0.15, -0.1) is 0 Å². The maximum atomic E-state index is 5.93. The summed E-state index contributed by atoms with van der Waals surface area (Å²) in [5, 5.41) is 2.37. The monoisotopic (exact) mass is 354 g/mol. The highest BCUT2D eigenvalue weighted by atomic mass is 16.5. The molecule has 2 heterocycles. The van der Waals surface area contributed by atoms with E-state index in [0.29, 0.717) is 19.1 Å². The highest BCUT2D eigenvalue weighted by Gasteiger charge is 2.28. The van der Waals surface area contributed by atoms with Crippen LogP contribution in [0.2, 0.25) is 0 Å². The average Bonchev–Trinajstić information content (AvgIpc) is 3.44. The van der Waals surface area contributed by atoms with Gasteiger partial charge in [0.1, 0.15) is 6.61 Å². The largest absolute Gasteiger partial charge is 0.493 e. The molecule has 3 aromatic rings. The first-order chi connectivity index (χ1) is 12.7. The Kier molecular flexibility index (Phi) is 4.72. The number of hydrogen-bond acceptors (Lipinski definition) is 4. The van der Waals surface area contributed by atoms with Crippen LogP contribution in [0, 0.1) is 0 Å². The molecule has 138 valence electrons. The summed E-state index contributed by atoms with van der Waals surface area (Å²) in [6.45, 7) is 5.26. The van der Waals surface area contributed by atoms with Crippen molar-refractivity contribution in [2.45, 2.75) is 45.1 Å². The summed E-state index contributed by atoms with van der Waals surface area (Å²) in [5.74, 6) is 2.07. The van der Waals surface area contributed by atoms with Crippen LogP contribution in [0.25, 0.3) is 21.8 Å². The molecule has 2 aromatic heterocycles. The normalized spacial score (nSPS) is 15.5. The second-order valence-electron chi connectivity index (χ2n) is 7.00. The number of H-pyrrole nitrogens is 1. The molecule has 1 aromatic carbocycles. The van der Waals surface area contributed by atoms with E-state index >= 15 is 0 Å². The van der Waals surface area contributed by atoms with Crippen LogP contribution in [-0.2, 0) is 4.74 Å². The van der Waals surface area contributed by atoms with Gasteiger partial charge in [0.25, 0.3) is 0 Å². The van der Waals surface area contributed by atoms with E-state index in [2.05, 4.69) is 29.9 Å². The quantitative estimate of drug-likeness (QED) is 0.591. The van der Waals surface area contributed by atoms with Gasteiger partial charge in [-0.1, -0.05) is 6.92 Å². The Hall–Kier alpha value is -2.27. The molecule has 1 aliphatic carbocycles. The lowest BCUT2D eigenvalue weighted by atomic mass is 10.1. The Morgan fingerprint density at radius 2 is 2.04 bits per heavy atom. The van der Waals surface area contributed by atoms with Crippen LogP contribution < -0.4 is 9.47 Å². The summed E-state index contributed by atoms with van der Waals surface area (Å²) in [6.07, 6.45) is 5.61. The molecule has 0 saturated heterocycles. The Labute approximate surface area is 153 Å². The van der Waals surface area contributed by atoms with Crippen molar-refractivity contribution in [1.82, 2.24) is 9.97 Å². The third kappa shape index (κ3) is 3.23. The minimum atomic E-state index is 0.255. The van der Waals surface area contributed by atoms with E-state index in [1.54, 1.807) is 7.11 Å². The summed E-state index contributed by atoms with van der Waals surface area (Å²) >= 11 is 0. The van der Waals surface area contributed by atoms with Crippen LogP contribution in [0.3, 0.4) is 0 Å². The Balaban J connectivity index is 1.65. The molecule has 4 rings (SSSR count). The van der Waals surface area contributed by atoms with E-state index < -0.39 is 0 Å². The molecule has 1 N–H and O–H groups in total. The van der Waals surface area contributed by atoms with Gasteiger partial charge in [0.05, 0.1) is 31.0 Å². The molecule has 1 saturated carbocycles. The molecule has 1 atom stereocenters.